The van der Waals surface area contributed by atoms with E-state index in [1.807, 2.05) is 6.92 Å². The molecule has 0 amide bonds. The van der Waals surface area contributed by atoms with Crippen LogP contribution in [0.4, 0.5) is 13.2 Å². The van der Waals surface area contributed by atoms with Crippen molar-refractivity contribution in [3.05, 3.63) is 22.8 Å². The first-order valence-electron chi connectivity index (χ1n) is 5.08. The number of hydrogen-bond donors (Lipinski definition) is 0. The molecule has 0 bridgehead atoms. The molecule has 0 saturated heterocycles. The van der Waals surface area contributed by atoms with E-state index in [4.69, 9.17) is 16.3 Å². The molecule has 1 rings (SSSR count). The predicted octanol–water partition coefficient (Wildman–Crippen LogP) is 4.32. The second-order valence-corrected chi connectivity index (χ2v) is 4.62. The molecular weight excluding hydrogens is 255 g/mol. The first-order chi connectivity index (χ1) is 7.64. The molecule has 96 valence electrons. The van der Waals surface area contributed by atoms with E-state index in [0.717, 1.165) is 12.1 Å². The van der Waals surface area contributed by atoms with E-state index in [1.54, 1.807) is 13.8 Å². The number of rotatable bonds is 3. The SMILES string of the molecule is CCC(C)(C)Oc1cc(C(F)(F)F)cc(Cl)n1. The minimum Gasteiger partial charge on any atom is -0.472 e. The van der Waals surface area contributed by atoms with Gasteiger partial charge in [0.2, 0.25) is 5.88 Å². The van der Waals surface area contributed by atoms with Crippen molar-refractivity contribution in [3.8, 4) is 5.88 Å². The van der Waals surface area contributed by atoms with Crippen molar-refractivity contribution in [2.45, 2.75) is 39.0 Å². The molecule has 1 aromatic rings. The van der Waals surface area contributed by atoms with Gasteiger partial charge < -0.3 is 4.74 Å². The van der Waals surface area contributed by atoms with Gasteiger partial charge in [0.15, 0.2) is 0 Å². The number of nitrogens with zero attached hydrogens (tertiary/aromatic N) is 1. The number of alkyl halides is 3. The van der Waals surface area contributed by atoms with Gasteiger partial charge in [-0.05, 0) is 26.3 Å². The first kappa shape index (κ1) is 14.1. The van der Waals surface area contributed by atoms with Crippen LogP contribution in [0.1, 0.15) is 32.8 Å². The zero-order chi connectivity index (χ0) is 13.3. The standard InChI is InChI=1S/C11H13ClF3NO/c1-4-10(2,3)17-9-6-7(11(13,14)15)5-8(12)16-9/h5-6H,4H2,1-3H3. The largest absolute Gasteiger partial charge is 0.472 e. The number of hydrogen-bond acceptors (Lipinski definition) is 2. The van der Waals surface area contributed by atoms with Crippen LogP contribution in [0.5, 0.6) is 5.88 Å². The molecule has 0 aliphatic carbocycles. The normalized spacial score (nSPS) is 12.6. The second kappa shape index (κ2) is 4.72. The van der Waals surface area contributed by atoms with E-state index >= 15 is 0 Å². The lowest BCUT2D eigenvalue weighted by Gasteiger charge is -2.24. The van der Waals surface area contributed by atoms with Gasteiger partial charge in [0, 0.05) is 6.07 Å². The van der Waals surface area contributed by atoms with Crippen molar-refractivity contribution in [1.82, 2.24) is 4.98 Å². The van der Waals surface area contributed by atoms with Gasteiger partial charge in [0.1, 0.15) is 10.8 Å². The summed E-state index contributed by atoms with van der Waals surface area (Å²) in [6.07, 6.45) is -3.82. The monoisotopic (exact) mass is 267 g/mol. The molecule has 0 aromatic carbocycles. The third-order valence-electron chi connectivity index (χ3n) is 2.33. The van der Waals surface area contributed by atoms with E-state index < -0.39 is 17.3 Å². The van der Waals surface area contributed by atoms with E-state index in [-0.39, 0.29) is 11.0 Å². The van der Waals surface area contributed by atoms with E-state index in [9.17, 15) is 13.2 Å². The Bertz CT molecular complexity index is 404. The number of ether oxygens (including phenoxy) is 1. The molecular formula is C11H13ClF3NO. The third kappa shape index (κ3) is 4.07. The number of halogens is 4. The van der Waals surface area contributed by atoms with Crippen molar-refractivity contribution in [3.63, 3.8) is 0 Å². The minimum absolute atomic E-state index is 0.114. The van der Waals surface area contributed by atoms with Gasteiger partial charge in [0.25, 0.3) is 0 Å². The summed E-state index contributed by atoms with van der Waals surface area (Å²) in [5.74, 6) is -0.114. The lowest BCUT2D eigenvalue weighted by Crippen LogP contribution is -2.27. The molecule has 0 radical (unpaired) electrons. The second-order valence-electron chi connectivity index (χ2n) is 4.23. The van der Waals surface area contributed by atoms with Crippen LogP contribution in [0, 0.1) is 0 Å². The summed E-state index contributed by atoms with van der Waals surface area (Å²) < 4.78 is 42.9. The van der Waals surface area contributed by atoms with E-state index in [2.05, 4.69) is 4.98 Å². The maximum Gasteiger partial charge on any atom is 0.416 e. The van der Waals surface area contributed by atoms with Crippen molar-refractivity contribution >= 4 is 11.6 Å². The van der Waals surface area contributed by atoms with Crippen LogP contribution in [0.25, 0.3) is 0 Å². The highest BCUT2D eigenvalue weighted by Gasteiger charge is 2.32. The minimum atomic E-state index is -4.46. The molecule has 0 unspecified atom stereocenters. The van der Waals surface area contributed by atoms with Gasteiger partial charge in [-0.25, -0.2) is 4.98 Å². The maximum atomic E-state index is 12.5. The quantitative estimate of drug-likeness (QED) is 0.761. The summed E-state index contributed by atoms with van der Waals surface area (Å²) in [5.41, 5.74) is -1.44. The van der Waals surface area contributed by atoms with E-state index in [0.29, 0.717) is 6.42 Å². The Kier molecular flexibility index (Phi) is 3.91. The predicted molar refractivity (Wildman–Crippen MR) is 59.2 cm³/mol. The van der Waals surface area contributed by atoms with Crippen molar-refractivity contribution in [2.75, 3.05) is 0 Å². The van der Waals surface area contributed by atoms with Gasteiger partial charge >= 0.3 is 6.18 Å². The lowest BCUT2D eigenvalue weighted by molar-refractivity contribution is -0.137. The molecule has 1 heterocycles. The third-order valence-corrected chi connectivity index (χ3v) is 2.52. The average Bonchev–Trinajstić information content (AvgIpc) is 2.14. The van der Waals surface area contributed by atoms with Crippen LogP contribution in [-0.4, -0.2) is 10.6 Å². The average molecular weight is 268 g/mol. The summed E-state index contributed by atoms with van der Waals surface area (Å²) in [6, 6.07) is 1.62. The van der Waals surface area contributed by atoms with Gasteiger partial charge in [-0.2, -0.15) is 13.2 Å². The van der Waals surface area contributed by atoms with Crippen molar-refractivity contribution in [1.29, 1.82) is 0 Å². The molecule has 2 nitrogen and oxygen atoms in total. The van der Waals surface area contributed by atoms with Crippen molar-refractivity contribution in [2.24, 2.45) is 0 Å². The Balaban J connectivity index is 3.06. The summed E-state index contributed by atoms with van der Waals surface area (Å²) in [5, 5.41) is -0.235. The lowest BCUT2D eigenvalue weighted by atomic mass is 10.1. The van der Waals surface area contributed by atoms with Gasteiger partial charge in [-0.3, -0.25) is 0 Å². The molecule has 0 fully saturated rings. The van der Waals surface area contributed by atoms with Crippen LogP contribution in [0.15, 0.2) is 12.1 Å². The number of aromatic nitrogens is 1. The maximum absolute atomic E-state index is 12.5. The topological polar surface area (TPSA) is 22.1 Å². The van der Waals surface area contributed by atoms with Gasteiger partial charge in [-0.1, -0.05) is 18.5 Å². The highest BCUT2D eigenvalue weighted by atomic mass is 35.5. The Hall–Kier alpha value is -0.970. The zero-order valence-electron chi connectivity index (χ0n) is 9.73. The fourth-order valence-electron chi connectivity index (χ4n) is 1.04. The zero-order valence-corrected chi connectivity index (χ0v) is 10.5. The summed E-state index contributed by atoms with van der Waals surface area (Å²) >= 11 is 5.54. The van der Waals surface area contributed by atoms with Gasteiger partial charge in [0.05, 0.1) is 5.56 Å². The highest BCUT2D eigenvalue weighted by molar-refractivity contribution is 6.29. The Morgan fingerprint density at radius 3 is 2.35 bits per heavy atom. The van der Waals surface area contributed by atoms with Crippen LogP contribution < -0.4 is 4.74 Å². The molecule has 0 N–H and O–H groups in total. The molecule has 0 atom stereocenters. The van der Waals surface area contributed by atoms with Crippen LogP contribution in [0.3, 0.4) is 0 Å². The van der Waals surface area contributed by atoms with Crippen LogP contribution in [0.2, 0.25) is 5.15 Å². The Labute approximate surface area is 103 Å². The summed E-state index contributed by atoms with van der Waals surface area (Å²) in [7, 11) is 0. The fraction of sp³-hybridized carbons (Fsp3) is 0.545. The Morgan fingerprint density at radius 2 is 1.88 bits per heavy atom. The van der Waals surface area contributed by atoms with Crippen LogP contribution >= 0.6 is 11.6 Å². The molecule has 0 aliphatic rings. The molecule has 0 saturated carbocycles. The fourth-order valence-corrected chi connectivity index (χ4v) is 1.24. The molecule has 17 heavy (non-hydrogen) atoms. The smallest absolute Gasteiger partial charge is 0.416 e. The van der Waals surface area contributed by atoms with Gasteiger partial charge in [-0.15, -0.1) is 0 Å². The molecule has 0 aliphatic heterocycles. The molecule has 0 spiro atoms. The first-order valence-corrected chi connectivity index (χ1v) is 5.45. The molecule has 1 aromatic heterocycles. The Morgan fingerprint density at radius 1 is 1.29 bits per heavy atom. The van der Waals surface area contributed by atoms with Crippen molar-refractivity contribution < 1.29 is 17.9 Å². The number of pyridine rings is 1. The molecule has 6 heteroatoms. The van der Waals surface area contributed by atoms with E-state index in [1.165, 1.54) is 0 Å². The summed E-state index contributed by atoms with van der Waals surface area (Å²) in [6.45, 7) is 5.40. The van der Waals surface area contributed by atoms with Crippen LogP contribution in [-0.2, 0) is 6.18 Å². The summed E-state index contributed by atoms with van der Waals surface area (Å²) in [4.78, 5) is 3.72. The highest BCUT2D eigenvalue weighted by Crippen LogP contribution is 2.33.